The molecule has 0 aliphatic rings. The van der Waals surface area contributed by atoms with E-state index >= 15 is 0 Å². The first-order valence-electron chi connectivity index (χ1n) is 7.76. The van der Waals surface area contributed by atoms with Crippen LogP contribution in [0.15, 0.2) is 30.5 Å². The Kier molecular flexibility index (Phi) is 5.79. The maximum atomic E-state index is 12.0. The van der Waals surface area contributed by atoms with Gasteiger partial charge in [0.15, 0.2) is 5.69 Å². The monoisotopic (exact) mass is 341 g/mol. The van der Waals surface area contributed by atoms with Gasteiger partial charge in [-0.2, -0.15) is 5.26 Å². The zero-order chi connectivity index (χ0) is 18.4. The molecular weight excluding hydrogens is 322 g/mol. The summed E-state index contributed by atoms with van der Waals surface area (Å²) in [4.78, 5) is 23.5. The number of esters is 2. The number of benzene rings is 1. The van der Waals surface area contributed by atoms with Crippen molar-refractivity contribution in [2.24, 2.45) is 0 Å². The number of aromatic nitrogens is 1. The number of aryl methyl sites for hydroxylation is 1. The number of rotatable bonds is 6. The molecule has 25 heavy (non-hydrogen) atoms. The molecule has 0 unspecified atom stereocenters. The Balaban J connectivity index is 2.36. The third-order valence-electron chi connectivity index (χ3n) is 3.66. The third kappa shape index (κ3) is 3.98. The van der Waals surface area contributed by atoms with Crippen LogP contribution in [0.1, 0.15) is 35.0 Å². The minimum absolute atomic E-state index is 0.0753. The van der Waals surface area contributed by atoms with Crippen molar-refractivity contribution in [1.29, 1.82) is 5.26 Å². The summed E-state index contributed by atoms with van der Waals surface area (Å²) in [6.07, 6.45) is 2.26. The van der Waals surface area contributed by atoms with E-state index in [1.165, 1.54) is 17.9 Å². The molecule has 0 saturated carbocycles. The predicted octanol–water partition coefficient (Wildman–Crippen LogP) is 2.21. The standard InChI is InChI=1S/C18H19N3O4/c1-3-25-15(22)8-7-12-5-4-6-14(9-12)21-11-13(10-19)16(20)17(21)18(23)24-2/h4-6,9,11H,3,7-8,20H2,1-2H3. The number of nitrogens with two attached hydrogens (primary N) is 1. The number of hydrogen-bond acceptors (Lipinski definition) is 6. The van der Waals surface area contributed by atoms with Gasteiger partial charge in [0.25, 0.3) is 0 Å². The first-order valence-corrected chi connectivity index (χ1v) is 7.76. The molecule has 0 radical (unpaired) electrons. The Labute approximate surface area is 145 Å². The summed E-state index contributed by atoms with van der Waals surface area (Å²) in [5.74, 6) is -0.893. The summed E-state index contributed by atoms with van der Waals surface area (Å²) in [5.41, 5.74) is 7.80. The van der Waals surface area contributed by atoms with Crippen molar-refractivity contribution in [3.63, 3.8) is 0 Å². The maximum absolute atomic E-state index is 12.0. The first-order chi connectivity index (χ1) is 12.0. The topological polar surface area (TPSA) is 107 Å². The van der Waals surface area contributed by atoms with Crippen LogP contribution in [0.2, 0.25) is 0 Å². The van der Waals surface area contributed by atoms with E-state index in [9.17, 15) is 9.59 Å². The predicted molar refractivity (Wildman–Crippen MR) is 91.2 cm³/mol. The van der Waals surface area contributed by atoms with Crippen LogP contribution in [-0.2, 0) is 20.7 Å². The van der Waals surface area contributed by atoms with Gasteiger partial charge in [0, 0.05) is 18.3 Å². The summed E-state index contributed by atoms with van der Waals surface area (Å²) >= 11 is 0. The minimum Gasteiger partial charge on any atom is -0.466 e. The van der Waals surface area contributed by atoms with E-state index in [-0.39, 0.29) is 29.3 Å². The molecule has 0 atom stereocenters. The maximum Gasteiger partial charge on any atom is 0.357 e. The molecule has 0 saturated heterocycles. The van der Waals surface area contributed by atoms with Gasteiger partial charge in [-0.05, 0) is 31.0 Å². The lowest BCUT2D eigenvalue weighted by Gasteiger charge is -2.10. The van der Waals surface area contributed by atoms with Gasteiger partial charge >= 0.3 is 11.9 Å². The average molecular weight is 341 g/mol. The number of anilines is 1. The second-order valence-electron chi connectivity index (χ2n) is 5.25. The number of carbonyl (C=O) groups excluding carboxylic acids is 2. The molecular formula is C18H19N3O4. The van der Waals surface area contributed by atoms with Crippen LogP contribution in [0.25, 0.3) is 5.69 Å². The Morgan fingerprint density at radius 2 is 2.12 bits per heavy atom. The van der Waals surface area contributed by atoms with Gasteiger partial charge in [-0.1, -0.05) is 12.1 Å². The van der Waals surface area contributed by atoms with Crippen LogP contribution < -0.4 is 5.73 Å². The second-order valence-corrected chi connectivity index (χ2v) is 5.25. The van der Waals surface area contributed by atoms with Gasteiger partial charge in [-0.3, -0.25) is 4.79 Å². The molecule has 7 heteroatoms. The van der Waals surface area contributed by atoms with Crippen LogP contribution in [0.3, 0.4) is 0 Å². The molecule has 2 aromatic rings. The van der Waals surface area contributed by atoms with Gasteiger partial charge in [-0.25, -0.2) is 4.79 Å². The van der Waals surface area contributed by atoms with E-state index in [2.05, 4.69) is 0 Å². The zero-order valence-electron chi connectivity index (χ0n) is 14.1. The van der Waals surface area contributed by atoms with Crippen molar-refractivity contribution >= 4 is 17.6 Å². The molecule has 0 aliphatic heterocycles. The molecule has 1 aromatic heterocycles. The van der Waals surface area contributed by atoms with Crippen LogP contribution in [0.4, 0.5) is 5.69 Å². The highest BCUT2D eigenvalue weighted by Crippen LogP contribution is 2.25. The number of nitriles is 1. The first kappa shape index (κ1) is 18.1. The van der Waals surface area contributed by atoms with Gasteiger partial charge < -0.3 is 19.8 Å². The van der Waals surface area contributed by atoms with Crippen LogP contribution >= 0.6 is 0 Å². The fourth-order valence-electron chi connectivity index (χ4n) is 2.46. The normalized spacial score (nSPS) is 10.1. The SMILES string of the molecule is CCOC(=O)CCc1cccc(-n2cc(C#N)c(N)c2C(=O)OC)c1. The van der Waals surface area contributed by atoms with E-state index in [0.29, 0.717) is 18.7 Å². The van der Waals surface area contributed by atoms with Gasteiger partial charge in [-0.15, -0.1) is 0 Å². The molecule has 0 amide bonds. The minimum atomic E-state index is -0.629. The number of nitrogen functional groups attached to an aromatic ring is 1. The van der Waals surface area contributed by atoms with Crippen LogP contribution in [0, 0.1) is 11.3 Å². The van der Waals surface area contributed by atoms with Crippen LogP contribution in [-0.4, -0.2) is 30.2 Å². The molecule has 2 N–H and O–H groups in total. The van der Waals surface area contributed by atoms with Crippen molar-refractivity contribution in [2.75, 3.05) is 19.5 Å². The number of carbonyl (C=O) groups is 2. The van der Waals surface area contributed by atoms with E-state index < -0.39 is 5.97 Å². The molecule has 0 aliphatic carbocycles. The second kappa shape index (κ2) is 8.02. The summed E-state index contributed by atoms with van der Waals surface area (Å²) in [6.45, 7) is 2.11. The zero-order valence-corrected chi connectivity index (χ0v) is 14.1. The molecule has 0 spiro atoms. The lowest BCUT2D eigenvalue weighted by Crippen LogP contribution is -2.11. The largest absolute Gasteiger partial charge is 0.466 e. The Morgan fingerprint density at radius 1 is 1.36 bits per heavy atom. The van der Waals surface area contributed by atoms with Crippen molar-refractivity contribution in [2.45, 2.75) is 19.8 Å². The van der Waals surface area contributed by atoms with E-state index in [0.717, 1.165) is 5.56 Å². The lowest BCUT2D eigenvalue weighted by atomic mass is 10.1. The molecule has 1 aromatic carbocycles. The number of nitrogens with zero attached hydrogens (tertiary/aromatic N) is 2. The highest BCUT2D eigenvalue weighted by molar-refractivity contribution is 5.95. The number of hydrogen-bond donors (Lipinski definition) is 1. The quantitative estimate of drug-likeness (QED) is 0.807. The third-order valence-corrected chi connectivity index (χ3v) is 3.66. The number of ether oxygens (including phenoxy) is 2. The fourth-order valence-corrected chi connectivity index (χ4v) is 2.46. The fraction of sp³-hybridized carbons (Fsp3) is 0.278. The molecule has 7 nitrogen and oxygen atoms in total. The Bertz CT molecular complexity index is 833. The van der Waals surface area contributed by atoms with Crippen molar-refractivity contribution < 1.29 is 19.1 Å². The highest BCUT2D eigenvalue weighted by atomic mass is 16.5. The van der Waals surface area contributed by atoms with Gasteiger partial charge in [0.05, 0.1) is 25.0 Å². The summed E-state index contributed by atoms with van der Waals surface area (Å²) in [5, 5.41) is 9.16. The van der Waals surface area contributed by atoms with Gasteiger partial charge in [0.1, 0.15) is 6.07 Å². The summed E-state index contributed by atoms with van der Waals surface area (Å²) in [7, 11) is 1.25. The molecule has 0 fully saturated rings. The highest BCUT2D eigenvalue weighted by Gasteiger charge is 2.21. The average Bonchev–Trinajstić information content (AvgIpc) is 2.96. The van der Waals surface area contributed by atoms with Crippen LogP contribution in [0.5, 0.6) is 0 Å². The Morgan fingerprint density at radius 3 is 2.76 bits per heavy atom. The summed E-state index contributed by atoms with van der Waals surface area (Å²) in [6, 6.07) is 9.24. The van der Waals surface area contributed by atoms with E-state index in [4.69, 9.17) is 20.5 Å². The van der Waals surface area contributed by atoms with Gasteiger partial charge in [0.2, 0.25) is 0 Å². The summed E-state index contributed by atoms with van der Waals surface area (Å²) < 4.78 is 11.2. The molecule has 130 valence electrons. The molecule has 1 heterocycles. The van der Waals surface area contributed by atoms with E-state index in [1.54, 1.807) is 19.1 Å². The smallest absolute Gasteiger partial charge is 0.357 e. The number of methoxy groups -OCH3 is 1. The van der Waals surface area contributed by atoms with E-state index in [1.807, 2.05) is 18.2 Å². The van der Waals surface area contributed by atoms with Crippen molar-refractivity contribution in [1.82, 2.24) is 4.57 Å². The molecule has 2 rings (SSSR count). The van der Waals surface area contributed by atoms with Crippen molar-refractivity contribution in [3.8, 4) is 11.8 Å². The Hall–Kier alpha value is -3.27. The lowest BCUT2D eigenvalue weighted by molar-refractivity contribution is -0.143. The van der Waals surface area contributed by atoms with Crippen molar-refractivity contribution in [3.05, 3.63) is 47.3 Å². The molecule has 0 bridgehead atoms.